The molecule has 0 amide bonds. The van der Waals surface area contributed by atoms with E-state index >= 15 is 0 Å². The van der Waals surface area contributed by atoms with E-state index in [0.29, 0.717) is 17.5 Å². The van der Waals surface area contributed by atoms with Crippen molar-refractivity contribution in [3.8, 4) is 0 Å². The van der Waals surface area contributed by atoms with Crippen LogP contribution in [0.5, 0.6) is 0 Å². The summed E-state index contributed by atoms with van der Waals surface area (Å²) in [7, 11) is 0. The molecule has 0 aromatic rings. The number of nitrogens with zero attached hydrogens (tertiary/aromatic N) is 1. The van der Waals surface area contributed by atoms with Gasteiger partial charge in [-0.3, -0.25) is 4.90 Å². The monoisotopic (exact) mass is 238 g/mol. The highest BCUT2D eigenvalue weighted by Crippen LogP contribution is 2.35. The van der Waals surface area contributed by atoms with E-state index in [9.17, 15) is 0 Å². The molecule has 3 atom stereocenters. The molecule has 0 spiro atoms. The first kappa shape index (κ1) is 13.4. The minimum Gasteiger partial charge on any atom is -0.326 e. The van der Waals surface area contributed by atoms with Crippen molar-refractivity contribution in [2.75, 3.05) is 13.1 Å². The van der Waals surface area contributed by atoms with Crippen molar-refractivity contribution in [1.82, 2.24) is 4.90 Å². The fourth-order valence-corrected chi connectivity index (χ4v) is 3.80. The van der Waals surface area contributed by atoms with E-state index in [-0.39, 0.29) is 0 Å². The second kappa shape index (κ2) is 5.27. The summed E-state index contributed by atoms with van der Waals surface area (Å²) in [5.74, 6) is 0.921. The molecule has 3 unspecified atom stereocenters. The molecular weight excluding hydrogens is 208 g/mol. The Hall–Kier alpha value is -0.0800. The van der Waals surface area contributed by atoms with Gasteiger partial charge in [-0.05, 0) is 50.0 Å². The first-order chi connectivity index (χ1) is 8.02. The summed E-state index contributed by atoms with van der Waals surface area (Å²) in [5, 5.41) is 0. The Bertz CT molecular complexity index is 249. The van der Waals surface area contributed by atoms with Crippen LogP contribution in [0.3, 0.4) is 0 Å². The smallest absolute Gasteiger partial charge is 0.0250 e. The van der Waals surface area contributed by atoms with E-state index < -0.39 is 0 Å². The Labute approximate surface area is 107 Å². The minimum atomic E-state index is 0.423. The zero-order chi connectivity index (χ0) is 12.5. The maximum absolute atomic E-state index is 6.37. The van der Waals surface area contributed by atoms with Gasteiger partial charge in [-0.2, -0.15) is 0 Å². The molecule has 2 rings (SSSR count). The molecule has 0 aromatic heterocycles. The summed E-state index contributed by atoms with van der Waals surface area (Å²) in [4.78, 5) is 2.70. The second-order valence-corrected chi connectivity index (χ2v) is 7.06. The van der Waals surface area contributed by atoms with E-state index in [1.54, 1.807) is 0 Å². The van der Waals surface area contributed by atoms with Crippen molar-refractivity contribution in [2.45, 2.75) is 71.4 Å². The maximum Gasteiger partial charge on any atom is 0.0250 e. The third kappa shape index (κ3) is 3.23. The quantitative estimate of drug-likeness (QED) is 0.801. The van der Waals surface area contributed by atoms with Crippen molar-refractivity contribution in [2.24, 2.45) is 17.1 Å². The van der Waals surface area contributed by atoms with Gasteiger partial charge in [0.1, 0.15) is 0 Å². The van der Waals surface area contributed by atoms with Crippen molar-refractivity contribution < 1.29 is 0 Å². The highest BCUT2D eigenvalue weighted by atomic mass is 15.2. The molecule has 2 N–H and O–H groups in total. The molecule has 1 saturated carbocycles. The van der Waals surface area contributed by atoms with E-state index in [1.165, 1.54) is 51.6 Å². The predicted molar refractivity (Wildman–Crippen MR) is 74.0 cm³/mol. The Morgan fingerprint density at radius 2 is 2.06 bits per heavy atom. The Morgan fingerprint density at radius 3 is 2.71 bits per heavy atom. The van der Waals surface area contributed by atoms with Crippen LogP contribution < -0.4 is 5.73 Å². The molecule has 1 heterocycles. The van der Waals surface area contributed by atoms with Crippen LogP contribution in [0, 0.1) is 11.3 Å². The molecule has 17 heavy (non-hydrogen) atoms. The molecule has 1 aliphatic heterocycles. The molecule has 2 aliphatic rings. The molecule has 0 bridgehead atoms. The predicted octanol–water partition coefficient (Wildman–Crippen LogP) is 3.01. The SMILES string of the molecule is CCC1CCC(N)C(N2CCCC(C)(C)C2)C1. The number of likely N-dealkylation sites (tertiary alicyclic amines) is 1. The van der Waals surface area contributed by atoms with Gasteiger partial charge in [0, 0.05) is 18.6 Å². The van der Waals surface area contributed by atoms with Gasteiger partial charge in [-0.25, -0.2) is 0 Å². The molecule has 1 aliphatic carbocycles. The number of nitrogens with two attached hydrogens (primary N) is 1. The van der Waals surface area contributed by atoms with Crippen LogP contribution in [0.1, 0.15) is 59.3 Å². The second-order valence-electron chi connectivity index (χ2n) is 7.06. The molecular formula is C15H30N2. The van der Waals surface area contributed by atoms with Gasteiger partial charge in [0.15, 0.2) is 0 Å². The van der Waals surface area contributed by atoms with Crippen LogP contribution in [-0.2, 0) is 0 Å². The third-order valence-electron chi connectivity index (χ3n) is 4.95. The van der Waals surface area contributed by atoms with Gasteiger partial charge in [0.2, 0.25) is 0 Å². The molecule has 100 valence electrons. The molecule has 2 nitrogen and oxygen atoms in total. The summed E-state index contributed by atoms with van der Waals surface area (Å²) in [5.41, 5.74) is 6.87. The molecule has 2 fully saturated rings. The van der Waals surface area contributed by atoms with Crippen LogP contribution in [-0.4, -0.2) is 30.1 Å². The van der Waals surface area contributed by atoms with Gasteiger partial charge in [-0.1, -0.05) is 27.2 Å². The summed E-state index contributed by atoms with van der Waals surface area (Å²) in [6.07, 6.45) is 8.00. The average molecular weight is 238 g/mol. The topological polar surface area (TPSA) is 29.3 Å². The van der Waals surface area contributed by atoms with Crippen LogP contribution in [0.2, 0.25) is 0 Å². The lowest BCUT2D eigenvalue weighted by Crippen LogP contribution is -2.55. The van der Waals surface area contributed by atoms with Crippen LogP contribution in [0.25, 0.3) is 0 Å². The van der Waals surface area contributed by atoms with Crippen molar-refractivity contribution >= 4 is 0 Å². The largest absolute Gasteiger partial charge is 0.326 e. The molecule has 1 saturated heterocycles. The summed E-state index contributed by atoms with van der Waals surface area (Å²) >= 11 is 0. The lowest BCUT2D eigenvalue weighted by Gasteiger charge is -2.47. The molecule has 0 radical (unpaired) electrons. The maximum atomic E-state index is 6.37. The first-order valence-corrected chi connectivity index (χ1v) is 7.51. The minimum absolute atomic E-state index is 0.423. The standard InChI is InChI=1S/C15H30N2/c1-4-12-6-7-13(16)14(10-12)17-9-5-8-15(2,3)11-17/h12-14H,4-11,16H2,1-3H3. The highest BCUT2D eigenvalue weighted by Gasteiger charge is 2.36. The van der Waals surface area contributed by atoms with Crippen LogP contribution in [0.4, 0.5) is 0 Å². The van der Waals surface area contributed by atoms with Crippen LogP contribution >= 0.6 is 0 Å². The first-order valence-electron chi connectivity index (χ1n) is 7.51. The van der Waals surface area contributed by atoms with Gasteiger partial charge >= 0.3 is 0 Å². The normalized spacial score (nSPS) is 39.2. The fourth-order valence-electron chi connectivity index (χ4n) is 3.80. The Morgan fingerprint density at radius 1 is 1.29 bits per heavy atom. The summed E-state index contributed by atoms with van der Waals surface area (Å²) < 4.78 is 0. The van der Waals surface area contributed by atoms with Gasteiger partial charge in [0.05, 0.1) is 0 Å². The van der Waals surface area contributed by atoms with Crippen molar-refractivity contribution in [3.05, 3.63) is 0 Å². The summed E-state index contributed by atoms with van der Waals surface area (Å²) in [6.45, 7) is 9.67. The van der Waals surface area contributed by atoms with E-state index in [2.05, 4.69) is 25.7 Å². The van der Waals surface area contributed by atoms with E-state index in [0.717, 1.165) is 5.92 Å². The Balaban J connectivity index is 1.99. The van der Waals surface area contributed by atoms with Crippen molar-refractivity contribution in [3.63, 3.8) is 0 Å². The van der Waals surface area contributed by atoms with Gasteiger partial charge in [-0.15, -0.1) is 0 Å². The van der Waals surface area contributed by atoms with Gasteiger partial charge in [0.25, 0.3) is 0 Å². The van der Waals surface area contributed by atoms with Crippen molar-refractivity contribution in [1.29, 1.82) is 0 Å². The van der Waals surface area contributed by atoms with Crippen LogP contribution in [0.15, 0.2) is 0 Å². The number of hydrogen-bond acceptors (Lipinski definition) is 2. The molecule has 2 heteroatoms. The molecule has 0 aromatic carbocycles. The van der Waals surface area contributed by atoms with Gasteiger partial charge < -0.3 is 5.73 Å². The lowest BCUT2D eigenvalue weighted by atomic mass is 9.77. The number of rotatable bonds is 2. The van der Waals surface area contributed by atoms with E-state index in [4.69, 9.17) is 5.73 Å². The average Bonchev–Trinajstić information content (AvgIpc) is 2.28. The number of piperidine rings is 1. The summed E-state index contributed by atoms with van der Waals surface area (Å²) in [6, 6.07) is 1.08. The third-order valence-corrected chi connectivity index (χ3v) is 4.95. The Kier molecular flexibility index (Phi) is 4.14. The highest BCUT2D eigenvalue weighted by molar-refractivity contribution is 4.92. The van der Waals surface area contributed by atoms with E-state index in [1.807, 2.05) is 0 Å². The fraction of sp³-hybridized carbons (Fsp3) is 1.00. The lowest BCUT2D eigenvalue weighted by molar-refractivity contribution is 0.0397. The zero-order valence-electron chi connectivity index (χ0n) is 11.9. The number of hydrogen-bond donors (Lipinski definition) is 1. The zero-order valence-corrected chi connectivity index (χ0v) is 11.9.